The molecule has 2 heterocycles. The van der Waals surface area contributed by atoms with Gasteiger partial charge in [-0.15, -0.1) is 5.06 Å². The molecule has 1 saturated heterocycles. The molecule has 0 radical (unpaired) electrons. The van der Waals surface area contributed by atoms with Crippen molar-refractivity contribution in [3.63, 3.8) is 0 Å². The van der Waals surface area contributed by atoms with Crippen molar-refractivity contribution in [1.29, 1.82) is 0 Å². The Hall–Kier alpha value is -1.76. The zero-order chi connectivity index (χ0) is 13.3. The van der Waals surface area contributed by atoms with Crippen LogP contribution in [0.3, 0.4) is 0 Å². The molecular weight excluding hydrogens is 304 g/mol. The van der Waals surface area contributed by atoms with Gasteiger partial charge in [0.15, 0.2) is 0 Å². The van der Waals surface area contributed by atoms with E-state index in [2.05, 4.69) is 20.9 Å². The number of imide groups is 1. The monoisotopic (exact) mass is 312 g/mol. The molecule has 1 fully saturated rings. The molecule has 0 spiro atoms. The minimum Gasteiger partial charge on any atom is -0.325 e. The van der Waals surface area contributed by atoms with Gasteiger partial charge in [-0.2, -0.15) is 0 Å². The minimum atomic E-state index is -0.785. The van der Waals surface area contributed by atoms with Crippen molar-refractivity contribution in [2.45, 2.75) is 19.8 Å². The Morgan fingerprint density at radius 2 is 2.00 bits per heavy atom. The Labute approximate surface area is 111 Å². The second-order valence-electron chi connectivity index (χ2n) is 3.75. The van der Waals surface area contributed by atoms with Gasteiger partial charge in [0.2, 0.25) is 0 Å². The average molecular weight is 313 g/mol. The summed E-state index contributed by atoms with van der Waals surface area (Å²) in [6.07, 6.45) is 1.47. The molecule has 0 aromatic carbocycles. The number of aromatic nitrogens is 1. The molecule has 0 saturated carbocycles. The van der Waals surface area contributed by atoms with Crippen LogP contribution in [0.1, 0.15) is 28.9 Å². The van der Waals surface area contributed by atoms with Crippen LogP contribution in [-0.4, -0.2) is 27.8 Å². The Kier molecular flexibility index (Phi) is 3.42. The molecule has 6 nitrogen and oxygen atoms in total. The third-order valence-electron chi connectivity index (χ3n) is 2.44. The lowest BCUT2D eigenvalue weighted by Gasteiger charge is -2.12. The molecule has 1 aromatic heterocycles. The number of nitrogens with zero attached hydrogens (tertiary/aromatic N) is 2. The molecule has 1 aliphatic rings. The molecular formula is C11H9BrN2O4. The predicted molar refractivity (Wildman–Crippen MR) is 63.2 cm³/mol. The van der Waals surface area contributed by atoms with Crippen molar-refractivity contribution in [3.8, 4) is 0 Å². The van der Waals surface area contributed by atoms with Gasteiger partial charge in [0.1, 0.15) is 0 Å². The van der Waals surface area contributed by atoms with Crippen LogP contribution in [0.15, 0.2) is 16.7 Å². The molecule has 0 aliphatic carbocycles. The molecule has 2 rings (SSSR count). The van der Waals surface area contributed by atoms with Crippen LogP contribution in [-0.2, 0) is 14.4 Å². The first-order valence-corrected chi connectivity index (χ1v) is 5.98. The topological polar surface area (TPSA) is 76.6 Å². The van der Waals surface area contributed by atoms with E-state index in [4.69, 9.17) is 4.84 Å². The van der Waals surface area contributed by atoms with Crippen LogP contribution in [0.5, 0.6) is 0 Å². The quantitative estimate of drug-likeness (QED) is 0.771. The molecule has 0 unspecified atom stereocenters. The average Bonchev–Trinajstić information content (AvgIpc) is 2.64. The van der Waals surface area contributed by atoms with E-state index in [9.17, 15) is 14.4 Å². The standard InChI is InChI=1S/C11H9BrN2O4/c1-6-8(12)4-7(5-13-6)11(17)18-14-9(15)2-3-10(14)16/h4-5H,2-3H2,1H3. The largest absolute Gasteiger partial charge is 0.365 e. The summed E-state index contributed by atoms with van der Waals surface area (Å²) in [4.78, 5) is 43.0. The van der Waals surface area contributed by atoms with Gasteiger partial charge < -0.3 is 4.84 Å². The Morgan fingerprint density at radius 1 is 1.39 bits per heavy atom. The van der Waals surface area contributed by atoms with Crippen molar-refractivity contribution < 1.29 is 19.2 Å². The maximum atomic E-state index is 11.7. The maximum absolute atomic E-state index is 11.7. The van der Waals surface area contributed by atoms with Gasteiger partial charge in [-0.3, -0.25) is 14.6 Å². The first kappa shape index (κ1) is 12.7. The first-order chi connectivity index (χ1) is 8.49. The SMILES string of the molecule is Cc1ncc(C(=O)ON2C(=O)CCC2=O)cc1Br. The number of hydrogen-bond donors (Lipinski definition) is 0. The highest BCUT2D eigenvalue weighted by Crippen LogP contribution is 2.18. The van der Waals surface area contributed by atoms with Crippen LogP contribution < -0.4 is 0 Å². The molecule has 1 aromatic rings. The van der Waals surface area contributed by atoms with Crippen LogP contribution in [0.2, 0.25) is 0 Å². The van der Waals surface area contributed by atoms with Crippen LogP contribution >= 0.6 is 15.9 Å². The van der Waals surface area contributed by atoms with Crippen molar-refractivity contribution in [2.75, 3.05) is 0 Å². The van der Waals surface area contributed by atoms with Crippen molar-refractivity contribution >= 4 is 33.7 Å². The van der Waals surface area contributed by atoms with E-state index in [1.807, 2.05) is 0 Å². The number of hydrogen-bond acceptors (Lipinski definition) is 5. The number of pyridine rings is 1. The second-order valence-corrected chi connectivity index (χ2v) is 4.61. The van der Waals surface area contributed by atoms with E-state index < -0.39 is 17.8 Å². The summed E-state index contributed by atoms with van der Waals surface area (Å²) in [5.41, 5.74) is 0.889. The first-order valence-electron chi connectivity index (χ1n) is 5.19. The highest BCUT2D eigenvalue weighted by atomic mass is 79.9. The highest BCUT2D eigenvalue weighted by molar-refractivity contribution is 9.10. The van der Waals surface area contributed by atoms with Gasteiger partial charge in [0.05, 0.1) is 11.3 Å². The Balaban J connectivity index is 2.14. The molecule has 2 amide bonds. The van der Waals surface area contributed by atoms with Gasteiger partial charge in [0, 0.05) is 23.5 Å². The zero-order valence-electron chi connectivity index (χ0n) is 9.47. The predicted octanol–water partition coefficient (Wildman–Crippen LogP) is 1.37. The summed E-state index contributed by atoms with van der Waals surface area (Å²) in [5, 5.41) is 0.510. The lowest BCUT2D eigenvalue weighted by molar-refractivity contribution is -0.172. The number of amides is 2. The lowest BCUT2D eigenvalue weighted by atomic mass is 10.2. The van der Waals surface area contributed by atoms with E-state index in [1.165, 1.54) is 12.3 Å². The molecule has 7 heteroatoms. The van der Waals surface area contributed by atoms with Crippen molar-refractivity contribution in [3.05, 3.63) is 28.0 Å². The maximum Gasteiger partial charge on any atom is 0.365 e. The number of carbonyl (C=O) groups is 3. The molecule has 0 bridgehead atoms. The number of halogens is 1. The van der Waals surface area contributed by atoms with Gasteiger partial charge in [-0.25, -0.2) is 4.79 Å². The van der Waals surface area contributed by atoms with E-state index in [1.54, 1.807) is 6.92 Å². The number of aryl methyl sites for hydroxylation is 1. The van der Waals surface area contributed by atoms with E-state index in [-0.39, 0.29) is 18.4 Å². The summed E-state index contributed by atoms with van der Waals surface area (Å²) in [5.74, 6) is -1.80. The van der Waals surface area contributed by atoms with E-state index in [0.29, 0.717) is 9.54 Å². The summed E-state index contributed by atoms with van der Waals surface area (Å²) in [6.45, 7) is 1.77. The molecule has 0 N–H and O–H groups in total. The Morgan fingerprint density at radius 3 is 2.56 bits per heavy atom. The normalized spacial score (nSPS) is 15.1. The third kappa shape index (κ3) is 2.40. The van der Waals surface area contributed by atoms with Gasteiger partial charge >= 0.3 is 5.97 Å². The van der Waals surface area contributed by atoms with E-state index in [0.717, 1.165) is 5.69 Å². The minimum absolute atomic E-state index is 0.0714. The highest BCUT2D eigenvalue weighted by Gasteiger charge is 2.33. The second kappa shape index (κ2) is 4.85. The van der Waals surface area contributed by atoms with Crippen molar-refractivity contribution in [1.82, 2.24) is 10.0 Å². The summed E-state index contributed by atoms with van der Waals surface area (Å²) in [7, 11) is 0. The van der Waals surface area contributed by atoms with Gasteiger partial charge in [-0.1, -0.05) is 0 Å². The molecule has 94 valence electrons. The van der Waals surface area contributed by atoms with Gasteiger partial charge in [-0.05, 0) is 28.9 Å². The fraction of sp³-hybridized carbons (Fsp3) is 0.273. The van der Waals surface area contributed by atoms with Gasteiger partial charge in [0.25, 0.3) is 11.8 Å². The molecule has 0 atom stereocenters. The number of rotatable bonds is 2. The summed E-state index contributed by atoms with van der Waals surface area (Å²) in [6, 6.07) is 1.52. The van der Waals surface area contributed by atoms with Crippen LogP contribution in [0.4, 0.5) is 0 Å². The lowest BCUT2D eigenvalue weighted by Crippen LogP contribution is -2.32. The Bertz CT molecular complexity index is 528. The fourth-order valence-corrected chi connectivity index (χ4v) is 1.76. The van der Waals surface area contributed by atoms with E-state index >= 15 is 0 Å². The number of hydroxylamine groups is 2. The van der Waals surface area contributed by atoms with Crippen LogP contribution in [0.25, 0.3) is 0 Å². The number of carbonyl (C=O) groups excluding carboxylic acids is 3. The smallest absolute Gasteiger partial charge is 0.325 e. The zero-order valence-corrected chi connectivity index (χ0v) is 11.1. The summed E-state index contributed by atoms with van der Waals surface area (Å²) < 4.78 is 0.649. The summed E-state index contributed by atoms with van der Waals surface area (Å²) >= 11 is 3.23. The van der Waals surface area contributed by atoms with Crippen LogP contribution in [0, 0.1) is 6.92 Å². The fourth-order valence-electron chi connectivity index (χ4n) is 1.41. The van der Waals surface area contributed by atoms with Crippen molar-refractivity contribution in [2.24, 2.45) is 0 Å². The molecule has 1 aliphatic heterocycles. The molecule has 18 heavy (non-hydrogen) atoms. The third-order valence-corrected chi connectivity index (χ3v) is 3.24.